The first-order valence-corrected chi connectivity index (χ1v) is 12.2. The van der Waals surface area contributed by atoms with Gasteiger partial charge in [0.15, 0.2) is 5.65 Å². The molecule has 35 heavy (non-hydrogen) atoms. The number of nitrogens with zero attached hydrogens (tertiary/aromatic N) is 3. The number of H-pyrrole nitrogens is 1. The van der Waals surface area contributed by atoms with Crippen LogP contribution in [0, 0.1) is 0 Å². The number of morpholine rings is 1. The molecule has 2 saturated heterocycles. The smallest absolute Gasteiger partial charge is 0.246 e. The molecule has 3 aliphatic rings. The summed E-state index contributed by atoms with van der Waals surface area (Å²) in [7, 11) is 0. The molecule has 178 valence electrons. The quantitative estimate of drug-likeness (QED) is 0.541. The van der Waals surface area contributed by atoms with E-state index in [4.69, 9.17) is 4.74 Å². The number of phenolic OH excluding ortho intramolecular Hbond substituents is 1. The van der Waals surface area contributed by atoms with Crippen molar-refractivity contribution in [3.8, 4) is 17.0 Å². The summed E-state index contributed by atoms with van der Waals surface area (Å²) < 4.78 is 5.82. The Morgan fingerprint density at radius 1 is 1.20 bits per heavy atom. The average molecular weight is 469 g/mol. The Morgan fingerprint density at radius 3 is 2.71 bits per heavy atom. The number of nitrogens with one attached hydrogen (secondary N) is 1. The maximum Gasteiger partial charge on any atom is 0.246 e. The van der Waals surface area contributed by atoms with Crippen LogP contribution in [0.5, 0.6) is 5.75 Å². The van der Waals surface area contributed by atoms with Gasteiger partial charge < -0.3 is 19.7 Å². The van der Waals surface area contributed by atoms with Crippen molar-refractivity contribution in [2.24, 2.45) is 0 Å². The Morgan fingerprint density at radius 2 is 2.00 bits per heavy atom. The van der Waals surface area contributed by atoms with E-state index in [0.717, 1.165) is 42.4 Å². The summed E-state index contributed by atoms with van der Waals surface area (Å²) in [5.74, 6) is 0.412. The van der Waals surface area contributed by atoms with Gasteiger partial charge in [-0.05, 0) is 55.5 Å². The molecule has 1 aromatic carbocycles. The maximum absolute atomic E-state index is 12.6. The molecule has 0 radical (unpaired) electrons. The van der Waals surface area contributed by atoms with Crippen LogP contribution in [0.15, 0.2) is 61.2 Å². The number of allylic oxidation sites excluding steroid dienone is 4. The average Bonchev–Trinajstić information content (AvgIpc) is 3.27. The molecule has 1 aliphatic carbocycles. The van der Waals surface area contributed by atoms with Crippen molar-refractivity contribution in [1.29, 1.82) is 0 Å². The summed E-state index contributed by atoms with van der Waals surface area (Å²) in [6, 6.07) is 9.30. The number of carbonyl (C=O) groups excluding carboxylic acids is 1. The minimum absolute atomic E-state index is 0.0167. The third-order valence-corrected chi connectivity index (χ3v) is 7.46. The number of rotatable bonds is 4. The zero-order valence-electron chi connectivity index (χ0n) is 19.5. The molecule has 6 rings (SSSR count). The second-order valence-corrected chi connectivity index (χ2v) is 9.54. The van der Waals surface area contributed by atoms with Crippen LogP contribution in [0.25, 0.3) is 27.9 Å². The fourth-order valence-electron chi connectivity index (χ4n) is 5.91. The Labute approximate surface area is 203 Å². The zero-order valence-corrected chi connectivity index (χ0v) is 19.5. The van der Waals surface area contributed by atoms with Gasteiger partial charge >= 0.3 is 0 Å². The van der Waals surface area contributed by atoms with E-state index >= 15 is 0 Å². The van der Waals surface area contributed by atoms with Crippen molar-refractivity contribution in [2.75, 3.05) is 13.2 Å². The van der Waals surface area contributed by atoms with E-state index < -0.39 is 0 Å². The minimum atomic E-state index is -0.0167. The van der Waals surface area contributed by atoms with Crippen LogP contribution in [0.3, 0.4) is 0 Å². The molecule has 3 aromatic rings. The van der Waals surface area contributed by atoms with E-state index in [1.165, 1.54) is 17.2 Å². The predicted octanol–water partition coefficient (Wildman–Crippen LogP) is 4.72. The van der Waals surface area contributed by atoms with Crippen LogP contribution in [0.4, 0.5) is 0 Å². The van der Waals surface area contributed by atoms with Crippen LogP contribution >= 0.6 is 0 Å². The molecular weight excluding hydrogens is 440 g/mol. The highest BCUT2D eigenvalue weighted by atomic mass is 16.5. The molecule has 4 heterocycles. The van der Waals surface area contributed by atoms with Gasteiger partial charge in [0.25, 0.3) is 0 Å². The summed E-state index contributed by atoms with van der Waals surface area (Å²) in [6.45, 7) is 4.79. The number of para-hydroxylation sites is 1. The molecule has 0 spiro atoms. The second kappa shape index (κ2) is 8.82. The van der Waals surface area contributed by atoms with Crippen molar-refractivity contribution in [1.82, 2.24) is 20.1 Å². The highest BCUT2D eigenvalue weighted by Gasteiger charge is 2.42. The van der Waals surface area contributed by atoms with Gasteiger partial charge in [0.2, 0.25) is 5.91 Å². The molecule has 2 unspecified atom stereocenters. The normalized spacial score (nSPS) is 23.8. The molecule has 2 aromatic heterocycles. The van der Waals surface area contributed by atoms with E-state index in [2.05, 4.69) is 40.0 Å². The lowest BCUT2D eigenvalue weighted by molar-refractivity contribution is -0.146. The summed E-state index contributed by atoms with van der Waals surface area (Å²) in [4.78, 5) is 18.1. The standard InChI is InChI=1S/C28H28N4O3/c1-2-25(34)32-19-12-18(13-20(32)16-35-15-19)27-26(17-8-4-3-5-9-17)22-14-23(30-31-28(22)29-27)21-10-6-7-11-24(21)33/h2-4,6-8,10-11,14,18-20,33H,1,5,9,12-13,15-16H2,(H,29,31)/t18?,19-,20?/m0/s1. The summed E-state index contributed by atoms with van der Waals surface area (Å²) in [5.41, 5.74) is 5.67. The molecule has 2 fully saturated rings. The Balaban J connectivity index is 1.47. The Bertz CT molecular complexity index is 1360. The summed E-state index contributed by atoms with van der Waals surface area (Å²) in [6.07, 6.45) is 11.5. The van der Waals surface area contributed by atoms with Gasteiger partial charge in [-0.15, -0.1) is 10.2 Å². The number of hydrogen-bond acceptors (Lipinski definition) is 5. The van der Waals surface area contributed by atoms with Gasteiger partial charge in [-0.1, -0.05) is 36.9 Å². The number of aromatic amines is 1. The number of piperidine rings is 1. The van der Waals surface area contributed by atoms with Crippen molar-refractivity contribution in [3.05, 3.63) is 72.5 Å². The lowest BCUT2D eigenvalue weighted by Gasteiger charge is -2.48. The zero-order chi connectivity index (χ0) is 23.9. The lowest BCUT2D eigenvalue weighted by Crippen LogP contribution is -2.58. The first kappa shape index (κ1) is 21.8. The van der Waals surface area contributed by atoms with Crippen LogP contribution in [-0.2, 0) is 9.53 Å². The molecule has 2 aliphatic heterocycles. The molecule has 7 nitrogen and oxygen atoms in total. The van der Waals surface area contributed by atoms with Crippen molar-refractivity contribution < 1.29 is 14.6 Å². The predicted molar refractivity (Wildman–Crippen MR) is 135 cm³/mol. The van der Waals surface area contributed by atoms with Gasteiger partial charge in [0.05, 0.1) is 31.0 Å². The SMILES string of the molecule is C=CC(=O)N1C2COC[C@@H]1CC(c1[nH]c3nnc(-c4ccccc4O)cc3c1C1=CC=CCC1)C2. The Kier molecular flexibility index (Phi) is 5.49. The third-order valence-electron chi connectivity index (χ3n) is 7.46. The van der Waals surface area contributed by atoms with Crippen LogP contribution in [0.1, 0.15) is 42.9 Å². The molecular formula is C28H28N4O3. The van der Waals surface area contributed by atoms with E-state index in [1.807, 2.05) is 23.1 Å². The van der Waals surface area contributed by atoms with Crippen molar-refractivity contribution in [3.63, 3.8) is 0 Å². The van der Waals surface area contributed by atoms with Crippen LogP contribution in [0.2, 0.25) is 0 Å². The van der Waals surface area contributed by atoms with Crippen molar-refractivity contribution >= 4 is 22.5 Å². The number of fused-ring (bicyclic) bond motifs is 3. The largest absolute Gasteiger partial charge is 0.507 e. The van der Waals surface area contributed by atoms with Crippen LogP contribution in [-0.4, -0.2) is 56.4 Å². The monoisotopic (exact) mass is 468 g/mol. The van der Waals surface area contributed by atoms with Gasteiger partial charge in [0, 0.05) is 28.1 Å². The highest BCUT2D eigenvalue weighted by molar-refractivity contribution is 5.95. The van der Waals surface area contributed by atoms with E-state index in [0.29, 0.717) is 24.5 Å². The summed E-state index contributed by atoms with van der Waals surface area (Å²) >= 11 is 0. The number of amides is 1. The van der Waals surface area contributed by atoms with Gasteiger partial charge in [-0.2, -0.15) is 0 Å². The first-order valence-electron chi connectivity index (χ1n) is 12.2. The Hall–Kier alpha value is -3.71. The number of benzene rings is 1. The lowest BCUT2D eigenvalue weighted by atomic mass is 9.80. The number of aromatic nitrogens is 3. The number of hydrogen-bond donors (Lipinski definition) is 2. The molecule has 2 N–H and O–H groups in total. The topological polar surface area (TPSA) is 91.3 Å². The van der Waals surface area contributed by atoms with Gasteiger partial charge in [-0.25, -0.2) is 0 Å². The molecule has 0 saturated carbocycles. The van der Waals surface area contributed by atoms with Crippen LogP contribution < -0.4 is 0 Å². The van der Waals surface area contributed by atoms with E-state index in [1.54, 1.807) is 12.1 Å². The molecule has 7 heteroatoms. The molecule has 1 amide bonds. The van der Waals surface area contributed by atoms with Gasteiger partial charge in [0.1, 0.15) is 5.75 Å². The minimum Gasteiger partial charge on any atom is -0.507 e. The first-order chi connectivity index (χ1) is 17.1. The van der Waals surface area contributed by atoms with E-state index in [9.17, 15) is 9.90 Å². The fraction of sp³-hybridized carbons (Fsp3) is 0.321. The maximum atomic E-state index is 12.6. The third kappa shape index (κ3) is 3.76. The number of carbonyl (C=O) groups is 1. The summed E-state index contributed by atoms with van der Waals surface area (Å²) in [5, 5.41) is 20.4. The van der Waals surface area contributed by atoms with Crippen molar-refractivity contribution in [2.45, 2.75) is 43.7 Å². The van der Waals surface area contributed by atoms with Gasteiger partial charge in [-0.3, -0.25) is 4.79 Å². The number of aromatic hydroxyl groups is 1. The number of ether oxygens (including phenoxy) is 1. The fourth-order valence-corrected chi connectivity index (χ4v) is 5.91. The van der Waals surface area contributed by atoms with E-state index in [-0.39, 0.29) is 29.7 Å². The number of phenols is 1. The molecule has 2 bridgehead atoms. The second-order valence-electron chi connectivity index (χ2n) is 9.54. The highest BCUT2D eigenvalue weighted by Crippen LogP contribution is 2.44. The molecule has 3 atom stereocenters.